The molecule has 0 aliphatic heterocycles. The van der Waals surface area contributed by atoms with Gasteiger partial charge in [-0.05, 0) is 109 Å². The molecular formula is C34H49ClO3. The number of allylic oxidation sites excluding steroid dienone is 1. The molecule has 4 heteroatoms. The van der Waals surface area contributed by atoms with Gasteiger partial charge in [-0.3, -0.25) is 0 Å². The Hall–Kier alpha value is -1.48. The number of ether oxygens (including phenoxy) is 2. The molecule has 0 aromatic heterocycles. The van der Waals surface area contributed by atoms with E-state index in [9.17, 15) is 4.79 Å². The van der Waals surface area contributed by atoms with Crippen LogP contribution in [0, 0.1) is 46.3 Å². The van der Waals surface area contributed by atoms with E-state index >= 15 is 0 Å². The Kier molecular flexibility index (Phi) is 8.26. The molecule has 4 aliphatic carbocycles. The molecular weight excluding hydrogens is 492 g/mol. The zero-order chi connectivity index (χ0) is 27.1. The average Bonchev–Trinajstić information content (AvgIpc) is 3.21. The molecule has 0 radical (unpaired) electrons. The van der Waals surface area contributed by atoms with Crippen molar-refractivity contribution in [2.24, 2.45) is 46.3 Å². The molecule has 0 spiro atoms. The first-order valence-corrected chi connectivity index (χ1v) is 15.8. The van der Waals surface area contributed by atoms with Gasteiger partial charge in [0, 0.05) is 11.4 Å². The van der Waals surface area contributed by atoms with Crippen molar-refractivity contribution in [2.75, 3.05) is 0 Å². The molecule has 8 atom stereocenters. The Morgan fingerprint density at radius 2 is 1.87 bits per heavy atom. The topological polar surface area (TPSA) is 35.5 Å². The highest BCUT2D eigenvalue weighted by Crippen LogP contribution is 2.67. The van der Waals surface area contributed by atoms with E-state index in [1.54, 1.807) is 24.3 Å². The van der Waals surface area contributed by atoms with E-state index in [4.69, 9.17) is 21.1 Å². The second-order valence-electron chi connectivity index (χ2n) is 14.1. The van der Waals surface area contributed by atoms with Crippen molar-refractivity contribution in [3.63, 3.8) is 0 Å². The minimum atomic E-state index is -0.622. The average molecular weight is 541 g/mol. The van der Waals surface area contributed by atoms with Crippen molar-refractivity contribution >= 4 is 17.8 Å². The van der Waals surface area contributed by atoms with Crippen molar-refractivity contribution < 1.29 is 14.3 Å². The maximum Gasteiger partial charge on any atom is 0.514 e. The molecule has 38 heavy (non-hydrogen) atoms. The third-order valence-electron chi connectivity index (χ3n) is 11.5. The van der Waals surface area contributed by atoms with E-state index in [1.807, 2.05) is 0 Å². The summed E-state index contributed by atoms with van der Waals surface area (Å²) < 4.78 is 11.2. The van der Waals surface area contributed by atoms with Crippen LogP contribution in [0.3, 0.4) is 0 Å². The van der Waals surface area contributed by atoms with Crippen LogP contribution in [-0.2, 0) is 4.74 Å². The lowest BCUT2D eigenvalue weighted by molar-refractivity contribution is -0.0597. The van der Waals surface area contributed by atoms with Crippen molar-refractivity contribution in [1.82, 2.24) is 0 Å². The highest BCUT2D eigenvalue weighted by Gasteiger charge is 2.59. The summed E-state index contributed by atoms with van der Waals surface area (Å²) in [5.74, 6) is 5.46. The van der Waals surface area contributed by atoms with Crippen LogP contribution in [0.2, 0.25) is 5.02 Å². The van der Waals surface area contributed by atoms with Gasteiger partial charge in [-0.1, -0.05) is 83.2 Å². The zero-order valence-corrected chi connectivity index (χ0v) is 25.1. The highest BCUT2D eigenvalue weighted by atomic mass is 35.5. The molecule has 3 saturated carbocycles. The Labute approximate surface area is 236 Å². The van der Waals surface area contributed by atoms with Gasteiger partial charge < -0.3 is 9.47 Å². The number of rotatable bonds is 7. The SMILES string of the molecule is CC(C)CCC[C@@H](C)[C@@H]1CC[C@@H]2[C@H]3CC=C4C[C@@H](OC(=O)Oc5cccc(Cl)c5)CC[C@]4(C)[C@H]3CC[C@@]21C. The smallest absolute Gasteiger partial charge is 0.430 e. The summed E-state index contributed by atoms with van der Waals surface area (Å²) >= 11 is 6.02. The van der Waals surface area contributed by atoms with Crippen molar-refractivity contribution in [3.8, 4) is 5.75 Å². The normalized spacial score (nSPS) is 37.0. The van der Waals surface area contributed by atoms with Gasteiger partial charge in [0.2, 0.25) is 0 Å². The van der Waals surface area contributed by atoms with E-state index in [-0.39, 0.29) is 11.5 Å². The van der Waals surface area contributed by atoms with Crippen LogP contribution < -0.4 is 4.74 Å². The van der Waals surface area contributed by atoms with Gasteiger partial charge >= 0.3 is 6.16 Å². The van der Waals surface area contributed by atoms with Crippen molar-refractivity contribution in [1.29, 1.82) is 0 Å². The Morgan fingerprint density at radius 3 is 2.63 bits per heavy atom. The first-order chi connectivity index (χ1) is 18.1. The lowest BCUT2D eigenvalue weighted by Crippen LogP contribution is -2.51. The Balaban J connectivity index is 1.22. The molecule has 0 N–H and O–H groups in total. The van der Waals surface area contributed by atoms with Gasteiger partial charge in [0.25, 0.3) is 0 Å². The fourth-order valence-corrected chi connectivity index (χ4v) is 9.72. The summed E-state index contributed by atoms with van der Waals surface area (Å²) in [6, 6.07) is 6.90. The Morgan fingerprint density at radius 1 is 1.05 bits per heavy atom. The third-order valence-corrected chi connectivity index (χ3v) is 11.8. The molecule has 3 nitrogen and oxygen atoms in total. The molecule has 5 rings (SSSR count). The number of fused-ring (bicyclic) bond motifs is 5. The highest BCUT2D eigenvalue weighted by molar-refractivity contribution is 6.30. The number of hydrogen-bond donors (Lipinski definition) is 0. The second-order valence-corrected chi connectivity index (χ2v) is 14.5. The minimum absolute atomic E-state index is 0.103. The number of benzene rings is 1. The van der Waals surface area contributed by atoms with Gasteiger partial charge in [0.1, 0.15) is 11.9 Å². The zero-order valence-electron chi connectivity index (χ0n) is 24.3. The summed E-state index contributed by atoms with van der Waals surface area (Å²) in [7, 11) is 0. The number of carbonyl (C=O) groups is 1. The van der Waals surface area contributed by atoms with Crippen LogP contribution in [0.1, 0.15) is 105 Å². The monoisotopic (exact) mass is 540 g/mol. The number of halogens is 1. The van der Waals surface area contributed by atoms with Gasteiger partial charge in [-0.2, -0.15) is 0 Å². The maximum atomic E-state index is 12.5. The summed E-state index contributed by atoms with van der Waals surface area (Å²) in [5, 5.41) is 0.545. The Bertz CT molecular complexity index is 1030. The van der Waals surface area contributed by atoms with Gasteiger partial charge in [0.15, 0.2) is 0 Å². The summed E-state index contributed by atoms with van der Waals surface area (Å²) in [5.41, 5.74) is 2.30. The largest absolute Gasteiger partial charge is 0.514 e. The summed E-state index contributed by atoms with van der Waals surface area (Å²) in [6.07, 6.45) is 15.7. The first-order valence-electron chi connectivity index (χ1n) is 15.4. The van der Waals surface area contributed by atoms with Crippen molar-refractivity contribution in [3.05, 3.63) is 40.9 Å². The van der Waals surface area contributed by atoms with Crippen LogP contribution in [0.15, 0.2) is 35.9 Å². The second kappa shape index (κ2) is 11.2. The van der Waals surface area contributed by atoms with Gasteiger partial charge in [-0.25, -0.2) is 4.79 Å². The van der Waals surface area contributed by atoms with Gasteiger partial charge in [-0.15, -0.1) is 0 Å². The molecule has 0 bridgehead atoms. The molecule has 0 heterocycles. The van der Waals surface area contributed by atoms with Crippen LogP contribution >= 0.6 is 11.6 Å². The fraction of sp³-hybridized carbons (Fsp3) is 0.735. The maximum absolute atomic E-state index is 12.5. The molecule has 0 amide bonds. The lowest BCUT2D eigenvalue weighted by Gasteiger charge is -2.58. The number of carbonyl (C=O) groups excluding carboxylic acids is 1. The molecule has 1 aromatic rings. The van der Waals surface area contributed by atoms with E-state index in [0.717, 1.165) is 54.8 Å². The third kappa shape index (κ3) is 5.43. The van der Waals surface area contributed by atoms with Crippen molar-refractivity contribution in [2.45, 2.75) is 111 Å². The van der Waals surface area contributed by atoms with E-state index in [0.29, 0.717) is 16.2 Å². The fourth-order valence-electron chi connectivity index (χ4n) is 9.54. The van der Waals surface area contributed by atoms with E-state index < -0.39 is 6.16 Å². The quantitative estimate of drug-likeness (QED) is 0.196. The summed E-state index contributed by atoms with van der Waals surface area (Å²) in [4.78, 5) is 12.5. The first kappa shape index (κ1) is 28.1. The predicted molar refractivity (Wildman–Crippen MR) is 155 cm³/mol. The molecule has 0 unspecified atom stereocenters. The molecule has 0 saturated heterocycles. The molecule has 1 aromatic carbocycles. The molecule has 3 fully saturated rings. The van der Waals surface area contributed by atoms with Crippen LogP contribution in [0.25, 0.3) is 0 Å². The number of hydrogen-bond acceptors (Lipinski definition) is 3. The van der Waals surface area contributed by atoms with Crippen LogP contribution in [-0.4, -0.2) is 12.3 Å². The summed E-state index contributed by atoms with van der Waals surface area (Å²) in [6.45, 7) is 12.5. The van der Waals surface area contributed by atoms with Crippen LogP contribution in [0.5, 0.6) is 5.75 Å². The minimum Gasteiger partial charge on any atom is -0.430 e. The molecule has 4 aliphatic rings. The van der Waals surface area contributed by atoms with Crippen LogP contribution in [0.4, 0.5) is 4.79 Å². The molecule has 210 valence electrons. The van der Waals surface area contributed by atoms with Gasteiger partial charge in [0.05, 0.1) is 0 Å². The predicted octanol–water partition coefficient (Wildman–Crippen LogP) is 10.3. The van der Waals surface area contributed by atoms with E-state index in [2.05, 4.69) is 40.7 Å². The van der Waals surface area contributed by atoms with E-state index in [1.165, 1.54) is 56.9 Å². The standard InChI is InChI=1S/C34H49ClO3/c1-22(2)8-6-9-23(3)29-14-15-30-28-13-12-24-20-27(38-32(36)37-26-11-7-10-25(35)21-26)16-18-33(24,4)31(28)17-19-34(29,30)5/h7,10-12,21-23,27-31H,6,8-9,13-20H2,1-5H3/t23-,27+,28-,29+,30-,31+,33+,34-/m1/s1. The lowest BCUT2D eigenvalue weighted by atomic mass is 9.47.